The fourth-order valence-corrected chi connectivity index (χ4v) is 2.91. The van der Waals surface area contributed by atoms with Crippen molar-refractivity contribution < 1.29 is 0 Å². The summed E-state index contributed by atoms with van der Waals surface area (Å²) >= 11 is 1.59. The Morgan fingerprint density at radius 1 is 1.41 bits per heavy atom. The molecule has 0 bridgehead atoms. The van der Waals surface area contributed by atoms with Crippen molar-refractivity contribution in [2.24, 2.45) is 0 Å². The molecule has 0 aromatic carbocycles. The van der Waals surface area contributed by atoms with Gasteiger partial charge in [0.05, 0.1) is 0 Å². The summed E-state index contributed by atoms with van der Waals surface area (Å²) in [5, 5.41) is 4.19. The zero-order valence-corrected chi connectivity index (χ0v) is 12.5. The molecule has 17 heavy (non-hydrogen) atoms. The minimum Gasteiger partial charge on any atom is -0.375 e. The summed E-state index contributed by atoms with van der Waals surface area (Å²) in [5.41, 5.74) is 5.61. The van der Waals surface area contributed by atoms with Gasteiger partial charge in [0.1, 0.15) is 0 Å². The maximum absolute atomic E-state index is 5.61. The Labute approximate surface area is 119 Å². The van der Waals surface area contributed by atoms with E-state index in [2.05, 4.69) is 29.0 Å². The first-order chi connectivity index (χ1) is 7.13. The highest BCUT2D eigenvalue weighted by Gasteiger charge is 2.21. The summed E-state index contributed by atoms with van der Waals surface area (Å²) in [6, 6.07) is 1.14. The first-order valence-corrected chi connectivity index (χ1v) is 6.13. The number of halogens is 2. The van der Waals surface area contributed by atoms with Crippen molar-refractivity contribution in [2.45, 2.75) is 32.5 Å². The average Bonchev–Trinajstić information content (AvgIpc) is 2.49. The molecule has 0 spiro atoms. The van der Waals surface area contributed by atoms with Gasteiger partial charge in [-0.25, -0.2) is 4.98 Å². The molecule has 4 nitrogen and oxygen atoms in total. The Morgan fingerprint density at radius 3 is 2.47 bits per heavy atom. The van der Waals surface area contributed by atoms with Gasteiger partial charge in [0.25, 0.3) is 0 Å². The molecular formula is C10H20Cl2N4S. The van der Waals surface area contributed by atoms with Crippen LogP contribution in [0.2, 0.25) is 0 Å². The van der Waals surface area contributed by atoms with E-state index in [1.54, 1.807) is 11.3 Å². The van der Waals surface area contributed by atoms with Crippen LogP contribution in [0.5, 0.6) is 0 Å². The van der Waals surface area contributed by atoms with E-state index in [-0.39, 0.29) is 24.8 Å². The lowest BCUT2D eigenvalue weighted by Crippen LogP contribution is -2.53. The number of nitrogens with one attached hydrogen (secondary N) is 1. The van der Waals surface area contributed by atoms with Crippen molar-refractivity contribution in [3.8, 4) is 0 Å². The van der Waals surface area contributed by atoms with Crippen LogP contribution in [-0.4, -0.2) is 35.1 Å². The monoisotopic (exact) mass is 298 g/mol. The topological polar surface area (TPSA) is 54.2 Å². The van der Waals surface area contributed by atoms with E-state index in [0.29, 0.717) is 17.2 Å². The highest BCUT2D eigenvalue weighted by Crippen LogP contribution is 2.17. The fraction of sp³-hybridized carbons (Fsp3) is 0.700. The van der Waals surface area contributed by atoms with E-state index in [9.17, 15) is 0 Å². The molecule has 1 fully saturated rings. The van der Waals surface area contributed by atoms with Crippen LogP contribution >= 0.6 is 36.2 Å². The summed E-state index contributed by atoms with van der Waals surface area (Å²) in [6.45, 7) is 7.63. The number of piperazine rings is 1. The zero-order chi connectivity index (χ0) is 10.8. The third kappa shape index (κ3) is 4.97. The van der Waals surface area contributed by atoms with Crippen molar-refractivity contribution in [2.75, 3.05) is 18.8 Å². The number of nitrogens with zero attached hydrogens (tertiary/aromatic N) is 2. The first-order valence-electron chi connectivity index (χ1n) is 5.32. The van der Waals surface area contributed by atoms with Gasteiger partial charge >= 0.3 is 0 Å². The second kappa shape index (κ2) is 7.38. The molecule has 1 aromatic heterocycles. The van der Waals surface area contributed by atoms with Gasteiger partial charge in [-0.1, -0.05) is 0 Å². The smallest absolute Gasteiger partial charge is 0.180 e. The van der Waals surface area contributed by atoms with Gasteiger partial charge in [-0.3, -0.25) is 4.90 Å². The van der Waals surface area contributed by atoms with Crippen LogP contribution in [0, 0.1) is 0 Å². The minimum atomic E-state index is 0. The van der Waals surface area contributed by atoms with Gasteiger partial charge in [-0.05, 0) is 13.8 Å². The summed E-state index contributed by atoms with van der Waals surface area (Å²) in [6.07, 6.45) is 1.89. The molecule has 7 heteroatoms. The fourth-order valence-electron chi connectivity index (χ4n) is 2.19. The maximum Gasteiger partial charge on any atom is 0.180 e. The Balaban J connectivity index is 0.00000128. The standard InChI is InChI=1S/C10H18N4S.2ClH/c1-7-4-14(5-8(2)13-7)6-9-3-12-10(11)15-9;;/h3,7-8,13H,4-6H2,1-2H3,(H2,11,12);2*1H. The lowest BCUT2D eigenvalue weighted by Gasteiger charge is -2.35. The second-order valence-corrected chi connectivity index (χ2v) is 5.47. The molecule has 0 saturated carbocycles. The normalized spacial score (nSPS) is 24.8. The molecule has 0 radical (unpaired) electrons. The summed E-state index contributed by atoms with van der Waals surface area (Å²) in [7, 11) is 0. The van der Waals surface area contributed by atoms with Crippen molar-refractivity contribution in [3.05, 3.63) is 11.1 Å². The van der Waals surface area contributed by atoms with Gasteiger partial charge in [-0.2, -0.15) is 0 Å². The van der Waals surface area contributed by atoms with E-state index < -0.39 is 0 Å². The molecule has 1 saturated heterocycles. The molecule has 0 amide bonds. The Kier molecular flexibility index (Phi) is 7.35. The van der Waals surface area contributed by atoms with Gasteiger partial charge in [0, 0.05) is 42.8 Å². The summed E-state index contributed by atoms with van der Waals surface area (Å²) in [5.74, 6) is 0. The molecule has 1 aliphatic rings. The number of hydrogen-bond acceptors (Lipinski definition) is 5. The van der Waals surface area contributed by atoms with Gasteiger partial charge in [0.15, 0.2) is 5.13 Å². The molecule has 100 valence electrons. The van der Waals surface area contributed by atoms with Gasteiger partial charge in [-0.15, -0.1) is 36.2 Å². The van der Waals surface area contributed by atoms with Gasteiger partial charge < -0.3 is 11.1 Å². The molecule has 0 aliphatic carbocycles. The number of hydrogen-bond donors (Lipinski definition) is 2. The Morgan fingerprint density at radius 2 is 2.00 bits per heavy atom. The van der Waals surface area contributed by atoms with Crippen LogP contribution in [0.25, 0.3) is 0 Å². The predicted octanol–water partition coefficient (Wildman–Crippen LogP) is 1.75. The zero-order valence-electron chi connectivity index (χ0n) is 10.0. The van der Waals surface area contributed by atoms with Gasteiger partial charge in [0.2, 0.25) is 0 Å². The third-order valence-electron chi connectivity index (χ3n) is 2.58. The average molecular weight is 299 g/mol. The van der Waals surface area contributed by atoms with Crippen molar-refractivity contribution in [3.63, 3.8) is 0 Å². The number of nitrogen functional groups attached to an aromatic ring is 1. The summed E-state index contributed by atoms with van der Waals surface area (Å²) in [4.78, 5) is 7.79. The van der Waals surface area contributed by atoms with Crippen LogP contribution in [0.3, 0.4) is 0 Å². The van der Waals surface area contributed by atoms with Crippen LogP contribution < -0.4 is 11.1 Å². The Bertz CT molecular complexity index is 324. The lowest BCUT2D eigenvalue weighted by atomic mass is 10.1. The van der Waals surface area contributed by atoms with E-state index in [4.69, 9.17) is 5.73 Å². The molecule has 2 rings (SSSR count). The van der Waals surface area contributed by atoms with Crippen LogP contribution in [-0.2, 0) is 6.54 Å². The van der Waals surface area contributed by atoms with Crippen LogP contribution in [0.4, 0.5) is 5.13 Å². The number of rotatable bonds is 2. The molecule has 3 N–H and O–H groups in total. The first kappa shape index (κ1) is 16.9. The van der Waals surface area contributed by atoms with Crippen molar-refractivity contribution in [1.29, 1.82) is 0 Å². The van der Waals surface area contributed by atoms with Crippen LogP contribution in [0.15, 0.2) is 6.20 Å². The molecule has 2 unspecified atom stereocenters. The third-order valence-corrected chi connectivity index (χ3v) is 3.40. The molecule has 1 aromatic rings. The number of aromatic nitrogens is 1. The number of anilines is 1. The van der Waals surface area contributed by atoms with E-state index in [1.165, 1.54) is 4.88 Å². The maximum atomic E-state index is 5.61. The second-order valence-electron chi connectivity index (χ2n) is 4.33. The SMILES string of the molecule is CC1CN(Cc2cnc(N)s2)CC(C)N1.Cl.Cl. The minimum absolute atomic E-state index is 0. The van der Waals surface area contributed by atoms with E-state index in [1.807, 2.05) is 6.20 Å². The van der Waals surface area contributed by atoms with E-state index >= 15 is 0 Å². The quantitative estimate of drug-likeness (QED) is 0.873. The predicted molar refractivity (Wildman–Crippen MR) is 78.4 cm³/mol. The van der Waals surface area contributed by atoms with Crippen LogP contribution in [0.1, 0.15) is 18.7 Å². The number of nitrogens with two attached hydrogens (primary N) is 1. The lowest BCUT2D eigenvalue weighted by molar-refractivity contribution is 0.168. The highest BCUT2D eigenvalue weighted by molar-refractivity contribution is 7.15. The number of thiazole rings is 1. The van der Waals surface area contributed by atoms with Crippen molar-refractivity contribution >= 4 is 41.3 Å². The largest absolute Gasteiger partial charge is 0.375 e. The molecule has 2 atom stereocenters. The molecular weight excluding hydrogens is 279 g/mol. The molecule has 2 heterocycles. The van der Waals surface area contributed by atoms with E-state index in [0.717, 1.165) is 19.6 Å². The van der Waals surface area contributed by atoms with Crippen molar-refractivity contribution in [1.82, 2.24) is 15.2 Å². The Hall–Kier alpha value is -0.0700. The highest BCUT2D eigenvalue weighted by atomic mass is 35.5. The molecule has 1 aliphatic heterocycles. The summed E-state index contributed by atoms with van der Waals surface area (Å²) < 4.78 is 0.